The minimum atomic E-state index is -0.472. The maximum atomic E-state index is 12.1. The van der Waals surface area contributed by atoms with Gasteiger partial charge in [-0.2, -0.15) is 0 Å². The molecule has 0 fully saturated rings. The molecule has 0 aliphatic rings. The van der Waals surface area contributed by atoms with Crippen LogP contribution in [0.2, 0.25) is 0 Å². The number of carbonyl (C=O) groups excluding carboxylic acids is 3. The molecule has 2 aromatic carbocycles. The number of aryl methyl sites for hydroxylation is 2. The van der Waals surface area contributed by atoms with Gasteiger partial charge in [-0.25, -0.2) is 0 Å². The Morgan fingerprint density at radius 3 is 2.25 bits per heavy atom. The van der Waals surface area contributed by atoms with Gasteiger partial charge in [-0.15, -0.1) is 0 Å². The van der Waals surface area contributed by atoms with Crippen LogP contribution in [0.4, 0.5) is 5.69 Å². The highest BCUT2D eigenvalue weighted by atomic mass is 16.2. The zero-order valence-electron chi connectivity index (χ0n) is 13.8. The smallest absolute Gasteiger partial charge is 0.269 e. The summed E-state index contributed by atoms with van der Waals surface area (Å²) < 4.78 is 0. The summed E-state index contributed by atoms with van der Waals surface area (Å²) in [5, 5.41) is 2.60. The van der Waals surface area contributed by atoms with E-state index in [0.717, 1.165) is 11.1 Å². The van der Waals surface area contributed by atoms with Gasteiger partial charge in [-0.1, -0.05) is 23.8 Å². The highest BCUT2D eigenvalue weighted by Gasteiger charge is 2.11. The van der Waals surface area contributed by atoms with Crippen molar-refractivity contribution < 1.29 is 14.4 Å². The van der Waals surface area contributed by atoms with Gasteiger partial charge in [-0.05, 0) is 43.7 Å². The zero-order chi connectivity index (χ0) is 17.7. The lowest BCUT2D eigenvalue weighted by atomic mass is 10.1. The van der Waals surface area contributed by atoms with Gasteiger partial charge in [0, 0.05) is 23.7 Å². The minimum Gasteiger partial charge on any atom is -0.326 e. The Balaban J connectivity index is 2.02. The van der Waals surface area contributed by atoms with Gasteiger partial charge in [0.2, 0.25) is 5.91 Å². The monoisotopic (exact) mass is 325 g/mol. The largest absolute Gasteiger partial charge is 0.326 e. The predicted molar refractivity (Wildman–Crippen MR) is 91.6 cm³/mol. The summed E-state index contributed by atoms with van der Waals surface area (Å²) >= 11 is 0. The maximum Gasteiger partial charge on any atom is 0.269 e. The summed E-state index contributed by atoms with van der Waals surface area (Å²) in [5.74, 6) is -1.09. The summed E-state index contributed by atoms with van der Waals surface area (Å²) in [4.78, 5) is 35.3. The van der Waals surface area contributed by atoms with Crippen molar-refractivity contribution in [1.29, 1.82) is 0 Å². The van der Waals surface area contributed by atoms with E-state index in [1.807, 2.05) is 26.0 Å². The summed E-state index contributed by atoms with van der Waals surface area (Å²) in [6.45, 7) is 5.16. The summed E-state index contributed by atoms with van der Waals surface area (Å²) in [6, 6.07) is 11.9. The van der Waals surface area contributed by atoms with Crippen molar-refractivity contribution in [2.75, 3.05) is 5.32 Å². The Kier molecular flexibility index (Phi) is 5.31. The molecule has 3 N–H and O–H groups in total. The van der Waals surface area contributed by atoms with Crippen LogP contribution in [0.15, 0.2) is 42.5 Å². The molecule has 6 heteroatoms. The number of hydrogen-bond donors (Lipinski definition) is 3. The van der Waals surface area contributed by atoms with E-state index in [1.54, 1.807) is 24.3 Å². The zero-order valence-corrected chi connectivity index (χ0v) is 13.8. The molecular formula is C18H19N3O3. The molecule has 0 aliphatic carbocycles. The Labute approximate surface area is 140 Å². The van der Waals surface area contributed by atoms with E-state index in [0.29, 0.717) is 16.8 Å². The Hall–Kier alpha value is -3.15. The first-order valence-corrected chi connectivity index (χ1v) is 7.42. The van der Waals surface area contributed by atoms with E-state index in [-0.39, 0.29) is 11.8 Å². The van der Waals surface area contributed by atoms with Crippen LogP contribution in [0.1, 0.15) is 38.8 Å². The minimum absolute atomic E-state index is 0.226. The molecule has 3 amide bonds. The Morgan fingerprint density at radius 1 is 0.875 bits per heavy atom. The fourth-order valence-electron chi connectivity index (χ4n) is 2.26. The quantitative estimate of drug-likeness (QED) is 0.757. The highest BCUT2D eigenvalue weighted by Crippen LogP contribution is 2.11. The third kappa shape index (κ3) is 4.42. The fourth-order valence-corrected chi connectivity index (χ4v) is 2.26. The molecule has 0 aromatic heterocycles. The normalized spacial score (nSPS) is 9.96. The summed E-state index contributed by atoms with van der Waals surface area (Å²) in [7, 11) is 0. The maximum absolute atomic E-state index is 12.1. The van der Waals surface area contributed by atoms with Crippen molar-refractivity contribution in [3.05, 3.63) is 64.7 Å². The van der Waals surface area contributed by atoms with E-state index in [9.17, 15) is 14.4 Å². The van der Waals surface area contributed by atoms with Crippen LogP contribution in [0.25, 0.3) is 0 Å². The van der Waals surface area contributed by atoms with Gasteiger partial charge >= 0.3 is 0 Å². The number of anilines is 1. The molecule has 0 bridgehead atoms. The average molecular weight is 325 g/mol. The molecule has 0 aliphatic heterocycles. The van der Waals surface area contributed by atoms with Gasteiger partial charge in [0.1, 0.15) is 0 Å². The lowest BCUT2D eigenvalue weighted by molar-refractivity contribution is -0.114. The van der Waals surface area contributed by atoms with Gasteiger partial charge in [0.15, 0.2) is 0 Å². The second-order valence-electron chi connectivity index (χ2n) is 5.49. The fraction of sp³-hybridized carbons (Fsp3) is 0.167. The molecule has 0 heterocycles. The standard InChI is InChI=1S/C18H19N3O3/c1-11-7-8-16(12(2)9-11)18(24)21-20-17(23)14-5-4-6-15(10-14)19-13(3)22/h4-10H,1-3H3,(H,19,22)(H,20,23)(H,21,24). The topological polar surface area (TPSA) is 87.3 Å². The molecule has 0 unspecified atom stereocenters. The Bertz CT molecular complexity index is 800. The van der Waals surface area contributed by atoms with Crippen molar-refractivity contribution in [2.45, 2.75) is 20.8 Å². The molecule has 2 aromatic rings. The first-order chi connectivity index (χ1) is 11.4. The third-order valence-electron chi connectivity index (χ3n) is 3.36. The first kappa shape index (κ1) is 17.2. The number of rotatable bonds is 3. The van der Waals surface area contributed by atoms with Crippen LogP contribution < -0.4 is 16.2 Å². The van der Waals surface area contributed by atoms with Crippen LogP contribution in [0.5, 0.6) is 0 Å². The van der Waals surface area contributed by atoms with Crippen molar-refractivity contribution >= 4 is 23.4 Å². The van der Waals surface area contributed by atoms with Crippen molar-refractivity contribution in [3.8, 4) is 0 Å². The van der Waals surface area contributed by atoms with Crippen LogP contribution in [0.3, 0.4) is 0 Å². The number of carbonyl (C=O) groups is 3. The highest BCUT2D eigenvalue weighted by molar-refractivity contribution is 6.00. The molecule has 124 valence electrons. The second kappa shape index (κ2) is 7.41. The van der Waals surface area contributed by atoms with Crippen molar-refractivity contribution in [1.82, 2.24) is 10.9 Å². The molecule has 0 saturated heterocycles. The third-order valence-corrected chi connectivity index (χ3v) is 3.36. The molecule has 6 nitrogen and oxygen atoms in total. The van der Waals surface area contributed by atoms with Crippen LogP contribution >= 0.6 is 0 Å². The number of amides is 3. The SMILES string of the molecule is CC(=O)Nc1cccc(C(=O)NNC(=O)c2ccc(C)cc2C)c1. The molecule has 0 spiro atoms. The molecule has 0 atom stereocenters. The lowest BCUT2D eigenvalue weighted by Gasteiger charge is -2.10. The first-order valence-electron chi connectivity index (χ1n) is 7.42. The average Bonchev–Trinajstić information content (AvgIpc) is 2.52. The van der Waals surface area contributed by atoms with Gasteiger partial charge in [0.05, 0.1) is 0 Å². The predicted octanol–water partition coefficient (Wildman–Crippen LogP) is 2.34. The Morgan fingerprint density at radius 2 is 1.58 bits per heavy atom. The van der Waals surface area contributed by atoms with Crippen molar-refractivity contribution in [2.24, 2.45) is 0 Å². The van der Waals surface area contributed by atoms with Crippen molar-refractivity contribution in [3.63, 3.8) is 0 Å². The molecule has 0 saturated carbocycles. The molecular weight excluding hydrogens is 306 g/mol. The number of nitrogens with one attached hydrogen (secondary N) is 3. The van der Waals surface area contributed by atoms with Crippen LogP contribution in [0, 0.1) is 13.8 Å². The lowest BCUT2D eigenvalue weighted by Crippen LogP contribution is -2.41. The number of hydrazine groups is 1. The molecule has 2 rings (SSSR count). The van der Waals surface area contributed by atoms with E-state index in [2.05, 4.69) is 16.2 Å². The number of hydrogen-bond acceptors (Lipinski definition) is 3. The summed E-state index contributed by atoms with van der Waals surface area (Å²) in [5.41, 5.74) is 7.97. The van der Waals surface area contributed by atoms with E-state index < -0.39 is 5.91 Å². The number of benzene rings is 2. The van der Waals surface area contributed by atoms with Gasteiger partial charge in [-0.3, -0.25) is 25.2 Å². The van der Waals surface area contributed by atoms with E-state index in [1.165, 1.54) is 13.0 Å². The van der Waals surface area contributed by atoms with Crippen LogP contribution in [-0.2, 0) is 4.79 Å². The van der Waals surface area contributed by atoms with Gasteiger partial charge in [0.25, 0.3) is 11.8 Å². The van der Waals surface area contributed by atoms with E-state index >= 15 is 0 Å². The van der Waals surface area contributed by atoms with E-state index in [4.69, 9.17) is 0 Å². The summed E-state index contributed by atoms with van der Waals surface area (Å²) in [6.07, 6.45) is 0. The second-order valence-corrected chi connectivity index (χ2v) is 5.49. The molecule has 24 heavy (non-hydrogen) atoms. The van der Waals surface area contributed by atoms with Crippen LogP contribution in [-0.4, -0.2) is 17.7 Å². The molecule has 0 radical (unpaired) electrons. The van der Waals surface area contributed by atoms with Gasteiger partial charge < -0.3 is 5.32 Å².